The van der Waals surface area contributed by atoms with Gasteiger partial charge in [0, 0.05) is 19.6 Å². The highest BCUT2D eigenvalue weighted by molar-refractivity contribution is 5.80. The van der Waals surface area contributed by atoms with Crippen molar-refractivity contribution in [3.63, 3.8) is 0 Å². The molecule has 0 aromatic heterocycles. The van der Waals surface area contributed by atoms with Crippen molar-refractivity contribution in [3.05, 3.63) is 71.3 Å². The van der Waals surface area contributed by atoms with Crippen molar-refractivity contribution in [1.82, 2.24) is 16.0 Å². The maximum atomic E-state index is 13.2. The number of carbonyl (C=O) groups excluding carboxylic acids is 1. The Hall–Kier alpha value is -2.96. The lowest BCUT2D eigenvalue weighted by molar-refractivity contribution is -0.120. The average molecular weight is 374 g/mol. The SMILES string of the molecule is CCNC(=NCc1cccc(F)c1)NCCNC(=O)Cc1ccc(F)cc1. The number of aliphatic imine (C=N–C) groups is 1. The van der Waals surface area contributed by atoms with E-state index in [1.807, 2.05) is 13.0 Å². The Morgan fingerprint density at radius 2 is 1.67 bits per heavy atom. The van der Waals surface area contributed by atoms with Gasteiger partial charge in [-0.2, -0.15) is 0 Å². The highest BCUT2D eigenvalue weighted by Crippen LogP contribution is 2.05. The fourth-order valence-corrected chi connectivity index (χ4v) is 2.38. The average Bonchev–Trinajstić information content (AvgIpc) is 2.65. The molecule has 0 spiro atoms. The first-order valence-electron chi connectivity index (χ1n) is 8.84. The van der Waals surface area contributed by atoms with Crippen LogP contribution >= 0.6 is 0 Å². The molecule has 0 saturated carbocycles. The molecule has 2 aromatic rings. The van der Waals surface area contributed by atoms with Gasteiger partial charge in [0.05, 0.1) is 13.0 Å². The molecule has 7 heteroatoms. The van der Waals surface area contributed by atoms with E-state index in [2.05, 4.69) is 20.9 Å². The fourth-order valence-electron chi connectivity index (χ4n) is 2.38. The summed E-state index contributed by atoms with van der Waals surface area (Å²) >= 11 is 0. The van der Waals surface area contributed by atoms with Gasteiger partial charge in [-0.15, -0.1) is 0 Å². The summed E-state index contributed by atoms with van der Waals surface area (Å²) in [4.78, 5) is 16.3. The summed E-state index contributed by atoms with van der Waals surface area (Å²) in [7, 11) is 0. The van der Waals surface area contributed by atoms with Gasteiger partial charge in [0.2, 0.25) is 5.91 Å². The zero-order valence-electron chi connectivity index (χ0n) is 15.3. The van der Waals surface area contributed by atoms with Crippen LogP contribution in [-0.4, -0.2) is 31.5 Å². The summed E-state index contributed by atoms with van der Waals surface area (Å²) in [6.45, 7) is 3.90. The summed E-state index contributed by atoms with van der Waals surface area (Å²) < 4.78 is 26.1. The van der Waals surface area contributed by atoms with Crippen molar-refractivity contribution in [1.29, 1.82) is 0 Å². The molecular weight excluding hydrogens is 350 g/mol. The molecule has 0 aliphatic rings. The molecular formula is C20H24F2N4O. The summed E-state index contributed by atoms with van der Waals surface area (Å²) in [5.74, 6) is -0.152. The van der Waals surface area contributed by atoms with E-state index in [-0.39, 0.29) is 24.0 Å². The predicted octanol–water partition coefficient (Wildman–Crippen LogP) is 2.38. The van der Waals surface area contributed by atoms with E-state index in [1.54, 1.807) is 18.2 Å². The van der Waals surface area contributed by atoms with E-state index in [0.29, 0.717) is 32.1 Å². The van der Waals surface area contributed by atoms with Gasteiger partial charge >= 0.3 is 0 Å². The van der Waals surface area contributed by atoms with Crippen LogP contribution in [0, 0.1) is 11.6 Å². The van der Waals surface area contributed by atoms with Gasteiger partial charge in [-0.3, -0.25) is 4.79 Å². The number of nitrogens with zero attached hydrogens (tertiary/aromatic N) is 1. The van der Waals surface area contributed by atoms with E-state index in [0.717, 1.165) is 11.1 Å². The van der Waals surface area contributed by atoms with Crippen molar-refractivity contribution in [2.45, 2.75) is 19.9 Å². The summed E-state index contributed by atoms with van der Waals surface area (Å²) in [5, 5.41) is 9.01. The number of halogens is 2. The van der Waals surface area contributed by atoms with Gasteiger partial charge < -0.3 is 16.0 Å². The smallest absolute Gasteiger partial charge is 0.224 e. The second-order valence-electron chi connectivity index (χ2n) is 5.91. The predicted molar refractivity (Wildman–Crippen MR) is 102 cm³/mol. The van der Waals surface area contributed by atoms with Gasteiger partial charge in [0.25, 0.3) is 0 Å². The Kier molecular flexibility index (Phi) is 8.22. The lowest BCUT2D eigenvalue weighted by Gasteiger charge is -2.12. The number of hydrogen-bond acceptors (Lipinski definition) is 2. The third-order valence-corrected chi connectivity index (χ3v) is 3.67. The lowest BCUT2D eigenvalue weighted by atomic mass is 10.1. The molecule has 0 atom stereocenters. The van der Waals surface area contributed by atoms with Crippen molar-refractivity contribution in [2.75, 3.05) is 19.6 Å². The first kappa shape index (κ1) is 20.4. The van der Waals surface area contributed by atoms with Gasteiger partial charge in [-0.25, -0.2) is 13.8 Å². The molecule has 2 aromatic carbocycles. The number of amides is 1. The molecule has 3 N–H and O–H groups in total. The summed E-state index contributed by atoms with van der Waals surface area (Å²) in [5.41, 5.74) is 1.53. The van der Waals surface area contributed by atoms with E-state index in [9.17, 15) is 13.6 Å². The maximum absolute atomic E-state index is 13.2. The number of carbonyl (C=O) groups is 1. The van der Waals surface area contributed by atoms with E-state index >= 15 is 0 Å². The van der Waals surface area contributed by atoms with Crippen LogP contribution in [0.4, 0.5) is 8.78 Å². The van der Waals surface area contributed by atoms with Crippen LogP contribution in [0.25, 0.3) is 0 Å². The molecule has 0 saturated heterocycles. The van der Waals surface area contributed by atoms with Crippen molar-refractivity contribution in [2.24, 2.45) is 4.99 Å². The van der Waals surface area contributed by atoms with Crippen LogP contribution in [0.2, 0.25) is 0 Å². The summed E-state index contributed by atoms with van der Waals surface area (Å²) in [6, 6.07) is 12.2. The van der Waals surface area contributed by atoms with E-state index in [4.69, 9.17) is 0 Å². The minimum absolute atomic E-state index is 0.134. The highest BCUT2D eigenvalue weighted by Gasteiger charge is 2.04. The summed E-state index contributed by atoms with van der Waals surface area (Å²) in [6.07, 6.45) is 0.202. The number of nitrogens with one attached hydrogen (secondary N) is 3. The van der Waals surface area contributed by atoms with Gasteiger partial charge in [-0.1, -0.05) is 24.3 Å². The first-order valence-corrected chi connectivity index (χ1v) is 8.84. The molecule has 0 unspecified atom stereocenters. The van der Waals surface area contributed by atoms with Crippen LogP contribution in [0.15, 0.2) is 53.5 Å². The topological polar surface area (TPSA) is 65.5 Å². The number of guanidine groups is 1. The van der Waals surface area contributed by atoms with Gasteiger partial charge in [0.1, 0.15) is 11.6 Å². The Labute approximate surface area is 157 Å². The maximum Gasteiger partial charge on any atom is 0.224 e. The zero-order chi connectivity index (χ0) is 19.5. The zero-order valence-corrected chi connectivity index (χ0v) is 15.3. The second kappa shape index (κ2) is 10.9. The van der Waals surface area contributed by atoms with Crippen LogP contribution in [-0.2, 0) is 17.8 Å². The lowest BCUT2D eigenvalue weighted by Crippen LogP contribution is -2.41. The molecule has 0 radical (unpaired) electrons. The normalized spacial score (nSPS) is 11.1. The van der Waals surface area contributed by atoms with Crippen LogP contribution < -0.4 is 16.0 Å². The molecule has 1 amide bonds. The molecule has 0 aliphatic carbocycles. The first-order chi connectivity index (χ1) is 13.1. The fraction of sp³-hybridized carbons (Fsp3) is 0.300. The largest absolute Gasteiger partial charge is 0.357 e. The highest BCUT2D eigenvalue weighted by atomic mass is 19.1. The monoisotopic (exact) mass is 374 g/mol. The van der Waals surface area contributed by atoms with E-state index in [1.165, 1.54) is 24.3 Å². The number of rotatable bonds is 8. The minimum atomic E-state index is -0.322. The molecule has 0 aliphatic heterocycles. The van der Waals surface area contributed by atoms with Crippen molar-refractivity contribution in [3.8, 4) is 0 Å². The van der Waals surface area contributed by atoms with Crippen molar-refractivity contribution >= 4 is 11.9 Å². The van der Waals surface area contributed by atoms with E-state index < -0.39 is 0 Å². The van der Waals surface area contributed by atoms with Crippen LogP contribution in [0.3, 0.4) is 0 Å². The Morgan fingerprint density at radius 3 is 2.37 bits per heavy atom. The third-order valence-electron chi connectivity index (χ3n) is 3.67. The van der Waals surface area contributed by atoms with Crippen LogP contribution in [0.5, 0.6) is 0 Å². The van der Waals surface area contributed by atoms with Crippen LogP contribution in [0.1, 0.15) is 18.1 Å². The number of benzene rings is 2. The quantitative estimate of drug-likeness (QED) is 0.378. The minimum Gasteiger partial charge on any atom is -0.357 e. The Morgan fingerprint density at radius 1 is 0.926 bits per heavy atom. The van der Waals surface area contributed by atoms with Gasteiger partial charge in [0.15, 0.2) is 5.96 Å². The molecule has 144 valence electrons. The molecule has 0 bridgehead atoms. The molecule has 0 fully saturated rings. The molecule has 27 heavy (non-hydrogen) atoms. The number of hydrogen-bond donors (Lipinski definition) is 3. The van der Waals surface area contributed by atoms with Crippen molar-refractivity contribution < 1.29 is 13.6 Å². The molecule has 5 nitrogen and oxygen atoms in total. The Bertz CT molecular complexity index is 763. The Balaban J connectivity index is 1.74. The third kappa shape index (κ3) is 7.85. The molecule has 2 rings (SSSR count). The van der Waals surface area contributed by atoms with Gasteiger partial charge in [-0.05, 0) is 42.3 Å². The standard InChI is InChI=1S/C20H24F2N4O/c1-2-23-20(26-14-16-4-3-5-18(22)12-16)25-11-10-24-19(27)13-15-6-8-17(21)9-7-15/h3-9,12H,2,10-11,13-14H2,1H3,(H,24,27)(H2,23,25,26). The second-order valence-corrected chi connectivity index (χ2v) is 5.91. The molecule has 0 heterocycles.